The number of ketones is 1. The molecule has 1 atom stereocenters. The van der Waals surface area contributed by atoms with Crippen molar-refractivity contribution in [2.24, 2.45) is 0 Å². The molecule has 0 radical (unpaired) electrons. The van der Waals surface area contributed by atoms with Crippen LogP contribution in [0.15, 0.2) is 48.5 Å². The molecule has 0 bridgehead atoms. The minimum Gasteiger partial charge on any atom is -0.325 e. The Morgan fingerprint density at radius 2 is 2.00 bits per heavy atom. The lowest BCUT2D eigenvalue weighted by Crippen LogP contribution is -2.48. The molecule has 1 unspecified atom stereocenters. The van der Waals surface area contributed by atoms with E-state index in [0.29, 0.717) is 16.3 Å². The van der Waals surface area contributed by atoms with Gasteiger partial charge in [0, 0.05) is 41.9 Å². The third kappa shape index (κ3) is 5.53. The molecule has 27 heavy (non-hydrogen) atoms. The first kappa shape index (κ1) is 21.4. The molecule has 5 nitrogen and oxygen atoms in total. The molecule has 1 amide bonds. The van der Waals surface area contributed by atoms with Crippen molar-refractivity contribution >= 4 is 41.4 Å². The first-order valence-electron chi connectivity index (χ1n) is 8.64. The Hall–Kier alpha value is -1.92. The quantitative estimate of drug-likeness (QED) is 0.743. The first-order valence-corrected chi connectivity index (χ1v) is 9.02. The van der Waals surface area contributed by atoms with E-state index >= 15 is 0 Å². The Labute approximate surface area is 170 Å². The molecule has 0 aromatic heterocycles. The predicted octanol–water partition coefficient (Wildman–Crippen LogP) is 3.55. The number of carbonyl (C=O) groups is 2. The summed E-state index contributed by atoms with van der Waals surface area (Å²) in [6, 6.07) is 14.8. The summed E-state index contributed by atoms with van der Waals surface area (Å²) in [6.07, 6.45) is 0. The number of nitrogens with one attached hydrogen (secondary N) is 2. The Morgan fingerprint density at radius 3 is 2.74 bits per heavy atom. The molecule has 1 fully saturated rings. The van der Waals surface area contributed by atoms with E-state index in [-0.39, 0.29) is 36.7 Å². The van der Waals surface area contributed by atoms with Gasteiger partial charge in [0.25, 0.3) is 0 Å². The van der Waals surface area contributed by atoms with E-state index in [4.69, 9.17) is 11.6 Å². The average molecular weight is 408 g/mol. The van der Waals surface area contributed by atoms with E-state index in [1.807, 2.05) is 24.3 Å². The van der Waals surface area contributed by atoms with Crippen LogP contribution in [-0.4, -0.2) is 42.8 Å². The van der Waals surface area contributed by atoms with Crippen molar-refractivity contribution in [1.82, 2.24) is 10.2 Å². The highest BCUT2D eigenvalue weighted by atomic mass is 35.5. The number of piperazine rings is 1. The molecule has 0 saturated carbocycles. The number of rotatable bonds is 5. The molecule has 0 aliphatic carbocycles. The summed E-state index contributed by atoms with van der Waals surface area (Å²) in [4.78, 5) is 26.2. The van der Waals surface area contributed by atoms with Crippen molar-refractivity contribution < 1.29 is 9.59 Å². The number of nitrogens with zero attached hydrogens (tertiary/aromatic N) is 1. The van der Waals surface area contributed by atoms with E-state index in [1.54, 1.807) is 24.3 Å². The van der Waals surface area contributed by atoms with E-state index in [9.17, 15) is 9.59 Å². The molecule has 2 aromatic rings. The normalized spacial score (nSPS) is 17.0. The lowest BCUT2D eigenvalue weighted by molar-refractivity contribution is -0.118. The smallest absolute Gasteiger partial charge is 0.238 e. The lowest BCUT2D eigenvalue weighted by Gasteiger charge is -2.36. The molecular formula is C20H23Cl2N3O2. The van der Waals surface area contributed by atoms with Crippen LogP contribution in [0.25, 0.3) is 0 Å². The van der Waals surface area contributed by atoms with Gasteiger partial charge in [-0.1, -0.05) is 41.9 Å². The van der Waals surface area contributed by atoms with Crippen molar-refractivity contribution in [3.63, 3.8) is 0 Å². The summed E-state index contributed by atoms with van der Waals surface area (Å²) in [5.41, 5.74) is 2.23. The van der Waals surface area contributed by atoms with Crippen LogP contribution >= 0.6 is 24.0 Å². The van der Waals surface area contributed by atoms with E-state index in [2.05, 4.69) is 15.5 Å². The number of carbonyl (C=O) groups excluding carboxylic acids is 2. The van der Waals surface area contributed by atoms with Gasteiger partial charge >= 0.3 is 0 Å². The van der Waals surface area contributed by atoms with Crippen molar-refractivity contribution in [1.29, 1.82) is 0 Å². The van der Waals surface area contributed by atoms with Gasteiger partial charge in [0.2, 0.25) is 5.91 Å². The Bertz CT molecular complexity index is 813. The van der Waals surface area contributed by atoms with Crippen LogP contribution in [0.3, 0.4) is 0 Å². The molecule has 1 aliphatic heterocycles. The summed E-state index contributed by atoms with van der Waals surface area (Å²) in [5, 5.41) is 6.96. The zero-order valence-corrected chi connectivity index (χ0v) is 16.6. The standard InChI is InChI=1S/C20H22ClN3O2.ClH/c1-14(25)15-5-4-6-16(11-15)23-20(26)13-24-10-9-22-12-19(24)17-7-2-3-8-18(17)21;/h2-8,11,19,22H,9-10,12-13H2,1H3,(H,23,26);1H. The van der Waals surface area contributed by atoms with E-state index in [1.165, 1.54) is 6.92 Å². The molecule has 1 aliphatic rings. The molecule has 144 valence electrons. The number of Topliss-reactive ketones (excluding diaryl/α,β-unsaturated/α-hetero) is 1. The van der Waals surface area contributed by atoms with Gasteiger partial charge < -0.3 is 10.6 Å². The molecule has 1 heterocycles. The molecular weight excluding hydrogens is 385 g/mol. The highest BCUT2D eigenvalue weighted by Crippen LogP contribution is 2.28. The number of amides is 1. The van der Waals surface area contributed by atoms with E-state index in [0.717, 1.165) is 25.2 Å². The Kier molecular flexibility index (Phi) is 7.80. The molecule has 1 saturated heterocycles. The van der Waals surface area contributed by atoms with Crippen molar-refractivity contribution in [2.75, 3.05) is 31.5 Å². The highest BCUT2D eigenvalue weighted by Gasteiger charge is 2.26. The number of anilines is 1. The predicted molar refractivity (Wildman–Crippen MR) is 111 cm³/mol. The van der Waals surface area contributed by atoms with Crippen LogP contribution in [0, 0.1) is 0 Å². The summed E-state index contributed by atoms with van der Waals surface area (Å²) < 4.78 is 0. The molecule has 2 N–H and O–H groups in total. The number of hydrogen-bond acceptors (Lipinski definition) is 4. The topological polar surface area (TPSA) is 61.4 Å². The lowest BCUT2D eigenvalue weighted by atomic mass is 10.0. The molecule has 0 spiro atoms. The maximum atomic E-state index is 12.5. The van der Waals surface area contributed by atoms with Crippen LogP contribution < -0.4 is 10.6 Å². The van der Waals surface area contributed by atoms with Gasteiger partial charge in [-0.3, -0.25) is 14.5 Å². The van der Waals surface area contributed by atoms with Gasteiger partial charge in [-0.25, -0.2) is 0 Å². The van der Waals surface area contributed by atoms with Gasteiger partial charge in [-0.15, -0.1) is 12.4 Å². The van der Waals surface area contributed by atoms with Gasteiger partial charge in [-0.05, 0) is 30.7 Å². The number of hydrogen-bond donors (Lipinski definition) is 2. The summed E-state index contributed by atoms with van der Waals surface area (Å²) in [5.74, 6) is -0.133. The maximum Gasteiger partial charge on any atom is 0.238 e. The minimum absolute atomic E-state index is 0. The van der Waals surface area contributed by atoms with Crippen molar-refractivity contribution in [2.45, 2.75) is 13.0 Å². The summed E-state index contributed by atoms with van der Waals surface area (Å²) in [6.45, 7) is 4.11. The van der Waals surface area contributed by atoms with Crippen LogP contribution in [0.2, 0.25) is 5.02 Å². The van der Waals surface area contributed by atoms with Crippen molar-refractivity contribution in [3.8, 4) is 0 Å². The van der Waals surface area contributed by atoms with E-state index < -0.39 is 0 Å². The summed E-state index contributed by atoms with van der Waals surface area (Å²) in [7, 11) is 0. The Balaban J connectivity index is 0.00000261. The minimum atomic E-state index is -0.107. The third-order valence-corrected chi connectivity index (χ3v) is 4.86. The van der Waals surface area contributed by atoms with Crippen LogP contribution in [0.4, 0.5) is 5.69 Å². The van der Waals surface area contributed by atoms with Crippen molar-refractivity contribution in [3.05, 3.63) is 64.7 Å². The van der Waals surface area contributed by atoms with Gasteiger partial charge in [-0.2, -0.15) is 0 Å². The Morgan fingerprint density at radius 1 is 1.22 bits per heavy atom. The third-order valence-electron chi connectivity index (χ3n) is 4.52. The second kappa shape index (κ2) is 9.85. The van der Waals surface area contributed by atoms with Gasteiger partial charge in [0.05, 0.1) is 6.54 Å². The first-order chi connectivity index (χ1) is 12.5. The fraction of sp³-hybridized carbons (Fsp3) is 0.300. The number of halogens is 2. The number of benzene rings is 2. The van der Waals surface area contributed by atoms with Gasteiger partial charge in [0.1, 0.15) is 0 Å². The fourth-order valence-electron chi connectivity index (χ4n) is 3.19. The highest BCUT2D eigenvalue weighted by molar-refractivity contribution is 6.31. The zero-order chi connectivity index (χ0) is 18.5. The molecule has 2 aromatic carbocycles. The fourth-order valence-corrected chi connectivity index (χ4v) is 3.45. The SMILES string of the molecule is CC(=O)c1cccc(NC(=O)CN2CCNCC2c2ccccc2Cl)c1.Cl. The average Bonchev–Trinajstić information content (AvgIpc) is 2.63. The van der Waals surface area contributed by atoms with Gasteiger partial charge in [0.15, 0.2) is 5.78 Å². The molecule has 3 rings (SSSR count). The molecule has 7 heteroatoms. The van der Waals surface area contributed by atoms with Crippen LogP contribution in [0.1, 0.15) is 28.9 Å². The largest absolute Gasteiger partial charge is 0.325 e. The summed E-state index contributed by atoms with van der Waals surface area (Å²) >= 11 is 6.35. The second-order valence-electron chi connectivity index (χ2n) is 6.40. The van der Waals surface area contributed by atoms with Crippen LogP contribution in [0.5, 0.6) is 0 Å². The van der Waals surface area contributed by atoms with Crippen LogP contribution in [-0.2, 0) is 4.79 Å². The zero-order valence-electron chi connectivity index (χ0n) is 15.1. The second-order valence-corrected chi connectivity index (χ2v) is 6.80. The maximum absolute atomic E-state index is 12.5. The monoisotopic (exact) mass is 407 g/mol.